The minimum atomic E-state index is -1.07. The largest absolute Gasteiger partial charge is 0.458 e. The van der Waals surface area contributed by atoms with E-state index in [1.165, 1.54) is 18.3 Å². The van der Waals surface area contributed by atoms with Crippen LogP contribution < -0.4 is 10.6 Å². The predicted octanol–water partition coefficient (Wildman–Crippen LogP) is 3.09. The summed E-state index contributed by atoms with van der Waals surface area (Å²) in [6.07, 6.45) is 7.63. The summed E-state index contributed by atoms with van der Waals surface area (Å²) in [5.41, 5.74) is 0.628. The van der Waals surface area contributed by atoms with E-state index in [1.807, 2.05) is 44.2 Å². The Bertz CT molecular complexity index is 1360. The fourth-order valence-electron chi connectivity index (χ4n) is 6.35. The van der Waals surface area contributed by atoms with E-state index in [1.54, 1.807) is 27.0 Å². The Morgan fingerprint density at radius 2 is 1.67 bits per heavy atom. The van der Waals surface area contributed by atoms with Crippen molar-refractivity contribution in [3.05, 3.63) is 54.1 Å². The Balaban J connectivity index is 1.82. The van der Waals surface area contributed by atoms with Crippen LogP contribution in [0.25, 0.3) is 0 Å². The second kappa shape index (κ2) is 20.3. The number of ether oxygens (including phenoxy) is 2. The summed E-state index contributed by atoms with van der Waals surface area (Å²) in [5.74, 6) is -1.98. The number of hydrogen-bond acceptors (Lipinski definition) is 9. The molecule has 0 aliphatic heterocycles. The molecule has 5 atom stereocenters. The van der Waals surface area contributed by atoms with Gasteiger partial charge in [0.15, 0.2) is 0 Å². The molecule has 1 fully saturated rings. The van der Waals surface area contributed by atoms with Crippen LogP contribution in [0.4, 0.5) is 0 Å². The molecule has 5 N–H and O–H groups in total. The molecule has 0 radical (unpaired) electrons. The van der Waals surface area contributed by atoms with Crippen molar-refractivity contribution >= 4 is 23.7 Å². The van der Waals surface area contributed by atoms with Crippen molar-refractivity contribution in [3.63, 3.8) is 0 Å². The van der Waals surface area contributed by atoms with Gasteiger partial charge in [0.1, 0.15) is 30.9 Å². The number of imidazole rings is 1. The zero-order valence-electron chi connectivity index (χ0n) is 31.1. The van der Waals surface area contributed by atoms with Gasteiger partial charge in [-0.2, -0.15) is 0 Å². The molecule has 51 heavy (non-hydrogen) atoms. The lowest BCUT2D eigenvalue weighted by Gasteiger charge is -2.35. The van der Waals surface area contributed by atoms with Gasteiger partial charge in [0.2, 0.25) is 17.7 Å². The Hall–Kier alpha value is -3.81. The van der Waals surface area contributed by atoms with Gasteiger partial charge in [-0.1, -0.05) is 76.3 Å². The third-order valence-corrected chi connectivity index (χ3v) is 9.22. The minimum Gasteiger partial charge on any atom is -0.458 e. The van der Waals surface area contributed by atoms with E-state index in [2.05, 4.69) is 20.6 Å². The number of amides is 3. The number of aromatic nitrogens is 2. The van der Waals surface area contributed by atoms with Crippen LogP contribution in [-0.4, -0.2) is 105 Å². The number of nitrogens with one attached hydrogen (secondary N) is 3. The smallest absolute Gasteiger partial charge is 0.332 e. The van der Waals surface area contributed by atoms with Gasteiger partial charge in [-0.05, 0) is 44.6 Å². The first-order valence-corrected chi connectivity index (χ1v) is 18.2. The molecule has 0 saturated heterocycles. The van der Waals surface area contributed by atoms with Crippen molar-refractivity contribution in [2.45, 2.75) is 128 Å². The predicted molar refractivity (Wildman–Crippen MR) is 192 cm³/mol. The Morgan fingerprint density at radius 3 is 2.27 bits per heavy atom. The van der Waals surface area contributed by atoms with Gasteiger partial charge in [-0.25, -0.2) is 9.78 Å². The molecule has 13 nitrogen and oxygen atoms in total. The maximum atomic E-state index is 14.3. The van der Waals surface area contributed by atoms with E-state index in [9.17, 15) is 29.4 Å². The molecule has 1 aromatic carbocycles. The van der Waals surface area contributed by atoms with Crippen LogP contribution in [0.15, 0.2) is 42.9 Å². The molecule has 3 amide bonds. The number of carbonyl (C=O) groups is 4. The van der Waals surface area contributed by atoms with Gasteiger partial charge < -0.3 is 40.2 Å². The van der Waals surface area contributed by atoms with E-state index in [0.717, 1.165) is 37.7 Å². The number of aliphatic hydroxyl groups is 2. The molecule has 0 spiro atoms. The lowest BCUT2D eigenvalue weighted by Crippen LogP contribution is -2.58. The highest BCUT2D eigenvalue weighted by molar-refractivity contribution is 5.92. The van der Waals surface area contributed by atoms with E-state index < -0.39 is 72.8 Å². The van der Waals surface area contributed by atoms with Crippen LogP contribution in [0.3, 0.4) is 0 Å². The standard InChI is InChI=1S/C38H59N5O8/c1-25(2)32(44)20-33(45)29(17-26-13-9-7-10-14-26)42-36(48)31(19-28-21-39-24-40-28)43(6)37(49)30(18-27-15-11-8-12-16-27)41-34(46)22-50-23-35(47)51-38(3,4)5/h8,11-12,15-16,21,24-26,29-33,44-45H,7,9-10,13-14,17-20,22-23H2,1-6H3,(H,39,40)(H,41,46)(H,42,48)/t29-,30-,31-,32?,33?/m0/s1. The first kappa shape index (κ1) is 41.6. The lowest BCUT2D eigenvalue weighted by atomic mass is 9.82. The molecule has 284 valence electrons. The molecule has 1 aromatic heterocycles. The number of aromatic amines is 1. The molecule has 2 aromatic rings. The minimum absolute atomic E-state index is 0.0682. The first-order valence-electron chi connectivity index (χ1n) is 18.2. The number of likely N-dealkylation sites (N-methyl/N-ethyl adjacent to an activating group) is 1. The summed E-state index contributed by atoms with van der Waals surface area (Å²) in [6, 6.07) is 6.41. The van der Waals surface area contributed by atoms with Gasteiger partial charge >= 0.3 is 5.97 Å². The van der Waals surface area contributed by atoms with Crippen LogP contribution in [-0.2, 0) is 41.5 Å². The summed E-state index contributed by atoms with van der Waals surface area (Å²) < 4.78 is 10.5. The number of hydrogen-bond donors (Lipinski definition) is 5. The highest BCUT2D eigenvalue weighted by Crippen LogP contribution is 2.29. The van der Waals surface area contributed by atoms with Crippen molar-refractivity contribution in [1.82, 2.24) is 25.5 Å². The van der Waals surface area contributed by atoms with Gasteiger partial charge in [-0.3, -0.25) is 14.4 Å². The van der Waals surface area contributed by atoms with Gasteiger partial charge in [-0.15, -0.1) is 0 Å². The van der Waals surface area contributed by atoms with Crippen LogP contribution in [0.2, 0.25) is 0 Å². The van der Waals surface area contributed by atoms with Gasteiger partial charge in [0.05, 0.1) is 30.3 Å². The SMILES string of the molecule is CC(C)C(O)CC(O)[C@H](CC1CCCCC1)NC(=O)[C@H](Cc1c[nH]cn1)N(C)C(=O)[C@H](Cc1ccccc1)NC(=O)COCC(=O)OC(C)(C)C. The van der Waals surface area contributed by atoms with Crippen LogP contribution in [0.1, 0.15) is 90.8 Å². The highest BCUT2D eigenvalue weighted by Gasteiger charge is 2.36. The monoisotopic (exact) mass is 713 g/mol. The number of esters is 1. The number of H-pyrrole nitrogens is 1. The highest BCUT2D eigenvalue weighted by atomic mass is 16.6. The molecule has 13 heteroatoms. The number of aliphatic hydroxyl groups excluding tert-OH is 2. The summed E-state index contributed by atoms with van der Waals surface area (Å²) in [6.45, 7) is 8.02. The van der Waals surface area contributed by atoms with Crippen LogP contribution in [0.5, 0.6) is 0 Å². The van der Waals surface area contributed by atoms with Crippen molar-refractivity contribution < 1.29 is 38.9 Å². The zero-order chi connectivity index (χ0) is 37.6. The number of carbonyl (C=O) groups excluding carboxylic acids is 4. The molecule has 1 heterocycles. The van der Waals surface area contributed by atoms with Crippen LogP contribution >= 0.6 is 0 Å². The molecule has 2 unspecified atom stereocenters. The van der Waals surface area contributed by atoms with Crippen LogP contribution in [0, 0.1) is 11.8 Å². The third-order valence-electron chi connectivity index (χ3n) is 9.22. The van der Waals surface area contributed by atoms with Crippen molar-refractivity contribution in [3.8, 4) is 0 Å². The normalized spacial score (nSPS) is 16.8. The topological polar surface area (TPSA) is 183 Å². The summed E-state index contributed by atoms with van der Waals surface area (Å²) >= 11 is 0. The molecule has 1 saturated carbocycles. The molecule has 1 aliphatic carbocycles. The maximum Gasteiger partial charge on any atom is 0.332 e. The molecular weight excluding hydrogens is 654 g/mol. The maximum absolute atomic E-state index is 14.3. The number of rotatable bonds is 19. The number of benzene rings is 1. The number of nitrogens with zero attached hydrogens (tertiary/aromatic N) is 2. The second-order valence-electron chi connectivity index (χ2n) is 15.1. The first-order chi connectivity index (χ1) is 24.1. The zero-order valence-corrected chi connectivity index (χ0v) is 31.1. The van der Waals surface area contributed by atoms with Crippen molar-refractivity contribution in [2.75, 3.05) is 20.3 Å². The average Bonchev–Trinajstić information content (AvgIpc) is 3.59. The average molecular weight is 714 g/mol. The second-order valence-corrected chi connectivity index (χ2v) is 15.1. The molecule has 0 bridgehead atoms. The fourth-order valence-corrected chi connectivity index (χ4v) is 6.35. The Kier molecular flexibility index (Phi) is 16.6. The molecule has 3 rings (SSSR count). The summed E-state index contributed by atoms with van der Waals surface area (Å²) in [5, 5.41) is 27.7. The Morgan fingerprint density at radius 1 is 0.980 bits per heavy atom. The molecule has 1 aliphatic rings. The summed E-state index contributed by atoms with van der Waals surface area (Å²) in [7, 11) is 1.51. The van der Waals surface area contributed by atoms with Gasteiger partial charge in [0, 0.05) is 32.5 Å². The Labute approximate surface area is 302 Å². The van der Waals surface area contributed by atoms with Crippen molar-refractivity contribution in [2.24, 2.45) is 11.8 Å². The fraction of sp³-hybridized carbons (Fsp3) is 0.658. The quantitative estimate of drug-likeness (QED) is 0.137. The third kappa shape index (κ3) is 14.8. The van der Waals surface area contributed by atoms with E-state index >= 15 is 0 Å². The van der Waals surface area contributed by atoms with Gasteiger partial charge in [0.25, 0.3) is 0 Å². The lowest BCUT2D eigenvalue weighted by molar-refractivity contribution is -0.160. The van der Waals surface area contributed by atoms with E-state index in [-0.39, 0.29) is 25.2 Å². The van der Waals surface area contributed by atoms with E-state index in [4.69, 9.17) is 9.47 Å². The van der Waals surface area contributed by atoms with Crippen molar-refractivity contribution in [1.29, 1.82) is 0 Å². The summed E-state index contributed by atoms with van der Waals surface area (Å²) in [4.78, 5) is 62.1. The molecular formula is C38H59N5O8. The van der Waals surface area contributed by atoms with E-state index in [0.29, 0.717) is 18.0 Å².